The minimum atomic E-state index is -0.290. The Labute approximate surface area is 662 Å². The number of fused-ring (bicyclic) bond motifs is 12. The number of aromatic nitrogens is 6. The van der Waals surface area contributed by atoms with Crippen LogP contribution in [0.3, 0.4) is 0 Å². The minimum Gasteiger partial charge on any atom is -0.309 e. The van der Waals surface area contributed by atoms with Crippen molar-refractivity contribution < 1.29 is 0 Å². The van der Waals surface area contributed by atoms with Crippen molar-refractivity contribution in [3.8, 4) is 57.1 Å². The molecule has 0 bridgehead atoms. The molecule has 6 aromatic heterocycles. The second-order valence-electron chi connectivity index (χ2n) is 39.4. The van der Waals surface area contributed by atoms with Crippen LogP contribution in [0.15, 0.2) is 219 Å². The molecular weight excluding hydrogens is 1360 g/mol. The van der Waals surface area contributed by atoms with E-state index in [-0.39, 0.29) is 43.3 Å². The van der Waals surface area contributed by atoms with E-state index >= 15 is 0 Å². The van der Waals surface area contributed by atoms with Crippen molar-refractivity contribution in [2.24, 2.45) is 0 Å². The Balaban J connectivity index is 0.826. The molecule has 16 aromatic rings. The molecule has 0 unspecified atom stereocenters. The van der Waals surface area contributed by atoms with E-state index in [1.165, 1.54) is 76.8 Å². The number of hydrogen-bond acceptors (Lipinski definition) is 4. The molecule has 0 amide bonds. The van der Waals surface area contributed by atoms with Crippen LogP contribution in [0, 0.1) is 22.7 Å². The van der Waals surface area contributed by atoms with Crippen LogP contribution in [0.1, 0.15) is 221 Å². The summed E-state index contributed by atoms with van der Waals surface area (Å²) in [5.74, 6) is 0. The smallest absolute Gasteiger partial charge is 0.101 e. The first kappa shape index (κ1) is 74.8. The van der Waals surface area contributed by atoms with Crippen LogP contribution in [0.4, 0.5) is 0 Å². The lowest BCUT2D eigenvalue weighted by Crippen LogP contribution is -2.24. The summed E-state index contributed by atoms with van der Waals surface area (Å²) in [5, 5.41) is 32.9. The van der Waals surface area contributed by atoms with Gasteiger partial charge in [0, 0.05) is 79.0 Å². The van der Waals surface area contributed by atoms with Crippen molar-refractivity contribution in [1.29, 1.82) is 10.5 Å². The molecule has 0 aliphatic heterocycles. The van der Waals surface area contributed by atoms with Gasteiger partial charge < -0.3 is 18.3 Å². The SMILES string of the molecule is CC(C)(C)c1ccc2c(c1)c1cc(C(C)(C)C)ccc1n2-c1cc(-c2ccncc2)c(-n2c3ccc(C(C)(C)C)cc3c3cc(C(C)(C)CCC(C)(C)c4ccc5c6ccc(C(C)(C)C)cc6n(-c6cc(-c7ccncc7)c(-n7c8cc(C(C)(C)C)ccc8c8ccc(C(C)(C)C)cc87)cc6C#N)c5c4)ccc32)cc1C#N. The predicted octanol–water partition coefficient (Wildman–Crippen LogP) is 27.8. The summed E-state index contributed by atoms with van der Waals surface area (Å²) in [7, 11) is 0. The van der Waals surface area contributed by atoms with Gasteiger partial charge >= 0.3 is 0 Å². The molecule has 0 spiro atoms. The Hall–Kier alpha value is -11.3. The van der Waals surface area contributed by atoms with E-state index in [0.717, 1.165) is 113 Å². The van der Waals surface area contributed by atoms with Crippen molar-refractivity contribution >= 4 is 87.2 Å². The number of hydrogen-bond donors (Lipinski definition) is 0. The van der Waals surface area contributed by atoms with Crippen molar-refractivity contribution in [2.45, 2.75) is 208 Å². The molecule has 0 aliphatic carbocycles. The Morgan fingerprint density at radius 3 is 0.777 bits per heavy atom. The average molecular weight is 1470 g/mol. The first-order valence-corrected chi connectivity index (χ1v) is 40.1. The van der Waals surface area contributed by atoms with Crippen LogP contribution in [0.2, 0.25) is 0 Å². The van der Waals surface area contributed by atoms with Crippen LogP contribution in [-0.4, -0.2) is 28.2 Å². The lowest BCUT2D eigenvalue weighted by Gasteiger charge is -2.32. The largest absolute Gasteiger partial charge is 0.309 e. The number of pyridine rings is 2. The normalized spacial score (nSPS) is 13.1. The molecule has 0 atom stereocenters. The summed E-state index contributed by atoms with van der Waals surface area (Å²) in [4.78, 5) is 9.10. The van der Waals surface area contributed by atoms with E-state index in [1.54, 1.807) is 0 Å². The fourth-order valence-corrected chi connectivity index (χ4v) is 17.3. The maximum absolute atomic E-state index is 11.9. The molecule has 0 saturated carbocycles. The van der Waals surface area contributed by atoms with Crippen LogP contribution in [-0.2, 0) is 43.3 Å². The summed E-state index contributed by atoms with van der Waals surface area (Å²) in [5.41, 5.74) is 26.2. The molecule has 16 rings (SSSR count). The van der Waals surface area contributed by atoms with Crippen molar-refractivity contribution in [2.75, 3.05) is 0 Å². The molecule has 8 heteroatoms. The molecule has 10 aromatic carbocycles. The van der Waals surface area contributed by atoms with Gasteiger partial charge in [0.25, 0.3) is 0 Å². The zero-order valence-corrected chi connectivity index (χ0v) is 69.8. The standard InChI is InChI=1S/C104H106N8/c1-97(2,3)67-27-35-85-81(51-67)82-52-68(98(4,5)6)28-36-86(82)109(85)89-59-79(63-39-45-107-46-40-63)91(49-65(89)61-105)110-87-37-29-69(99(7,8)9)53-83(87)84-54-73(30-38-88(84)110)103(19,20)43-44-104(21,22)74-26-34-78-75-31-23-70(100(10,11)12)55-93(75)111(96(78)58-74)90-60-80(64-41-47-108-48-42-64)92(50-66(90)62-106)112-94-56-71(101(13,14)15)24-32-76(94)77-33-25-72(57-95(77)112)102(16,17)18/h23-42,45-60H,43-44H2,1-22H3. The average Bonchev–Trinajstić information content (AvgIpc) is 1.56. The highest BCUT2D eigenvalue weighted by molar-refractivity contribution is 6.14. The van der Waals surface area contributed by atoms with Crippen LogP contribution in [0.5, 0.6) is 0 Å². The summed E-state index contributed by atoms with van der Waals surface area (Å²) in [6.07, 6.45) is 9.31. The third-order valence-electron chi connectivity index (χ3n) is 24.6. The second-order valence-corrected chi connectivity index (χ2v) is 39.4. The zero-order valence-electron chi connectivity index (χ0n) is 69.8. The first-order chi connectivity index (χ1) is 52.7. The number of rotatable bonds is 11. The Morgan fingerprint density at radius 2 is 0.473 bits per heavy atom. The molecule has 0 N–H and O–H groups in total. The van der Waals surface area contributed by atoms with E-state index < -0.39 is 0 Å². The molecule has 8 nitrogen and oxygen atoms in total. The van der Waals surface area contributed by atoms with E-state index in [4.69, 9.17) is 0 Å². The van der Waals surface area contributed by atoms with Gasteiger partial charge in [0.1, 0.15) is 12.1 Å². The van der Waals surface area contributed by atoms with Gasteiger partial charge in [-0.2, -0.15) is 10.5 Å². The molecule has 112 heavy (non-hydrogen) atoms. The molecular formula is C104H106N8. The molecule has 0 radical (unpaired) electrons. The van der Waals surface area contributed by atoms with Crippen LogP contribution >= 0.6 is 0 Å². The highest BCUT2D eigenvalue weighted by Gasteiger charge is 2.33. The number of benzene rings is 10. The van der Waals surface area contributed by atoms with E-state index in [0.29, 0.717) is 11.1 Å². The zero-order chi connectivity index (χ0) is 79.6. The van der Waals surface area contributed by atoms with Gasteiger partial charge in [-0.3, -0.25) is 9.97 Å². The van der Waals surface area contributed by atoms with Crippen LogP contribution < -0.4 is 0 Å². The van der Waals surface area contributed by atoms with Crippen molar-refractivity contribution in [1.82, 2.24) is 28.2 Å². The fraction of sp³-hybridized carbons (Fsp3) is 0.308. The van der Waals surface area contributed by atoms with Gasteiger partial charge in [-0.25, -0.2) is 0 Å². The van der Waals surface area contributed by atoms with Gasteiger partial charge in [0.2, 0.25) is 0 Å². The Morgan fingerprint density at radius 1 is 0.241 bits per heavy atom. The molecule has 562 valence electrons. The fourth-order valence-electron chi connectivity index (χ4n) is 17.3. The lowest BCUT2D eigenvalue weighted by molar-refractivity contribution is 0.375. The predicted molar refractivity (Wildman–Crippen MR) is 474 cm³/mol. The Bertz CT molecular complexity index is 6470. The van der Waals surface area contributed by atoms with Gasteiger partial charge in [-0.05, 0) is 233 Å². The monoisotopic (exact) mass is 1470 g/mol. The number of nitriles is 2. The van der Waals surface area contributed by atoms with Crippen molar-refractivity contribution in [3.05, 3.63) is 275 Å². The van der Waals surface area contributed by atoms with Gasteiger partial charge in [0.05, 0.1) is 78.0 Å². The highest BCUT2D eigenvalue weighted by Crippen LogP contribution is 2.49. The maximum atomic E-state index is 11.9. The molecule has 6 heterocycles. The van der Waals surface area contributed by atoms with E-state index in [1.807, 2.05) is 24.8 Å². The first-order valence-electron chi connectivity index (χ1n) is 40.1. The third-order valence-corrected chi connectivity index (χ3v) is 24.6. The van der Waals surface area contributed by atoms with Gasteiger partial charge in [-0.1, -0.05) is 225 Å². The summed E-state index contributed by atoms with van der Waals surface area (Å²) >= 11 is 0. The summed E-state index contributed by atoms with van der Waals surface area (Å²) in [6.45, 7) is 50.7. The second kappa shape index (κ2) is 26.1. The lowest BCUT2D eigenvalue weighted by atomic mass is 9.72. The van der Waals surface area contributed by atoms with Crippen LogP contribution in [0.25, 0.3) is 132 Å². The van der Waals surface area contributed by atoms with E-state index in [2.05, 4.69) is 387 Å². The van der Waals surface area contributed by atoms with Crippen molar-refractivity contribution in [3.63, 3.8) is 0 Å². The van der Waals surface area contributed by atoms with Gasteiger partial charge in [-0.15, -0.1) is 0 Å². The summed E-state index contributed by atoms with van der Waals surface area (Å²) < 4.78 is 9.58. The van der Waals surface area contributed by atoms with E-state index in [9.17, 15) is 10.5 Å². The van der Waals surface area contributed by atoms with Gasteiger partial charge in [0.15, 0.2) is 0 Å². The molecule has 0 fully saturated rings. The summed E-state index contributed by atoms with van der Waals surface area (Å²) in [6, 6.07) is 78.9. The maximum Gasteiger partial charge on any atom is 0.101 e. The molecule has 0 saturated heterocycles. The highest BCUT2D eigenvalue weighted by atomic mass is 15.0. The quantitative estimate of drug-likeness (QED) is 0.129. The topological polar surface area (TPSA) is 93.1 Å². The minimum absolute atomic E-state index is 0.0644. The molecule has 0 aliphatic rings. The third kappa shape index (κ3) is 12.8. The Kier molecular flexibility index (Phi) is 17.5. The number of nitrogens with zero attached hydrogens (tertiary/aromatic N) is 8.